The summed E-state index contributed by atoms with van der Waals surface area (Å²) in [5.41, 5.74) is 1.32. The Balaban J connectivity index is 1.93. The number of piperazine rings is 1. The lowest BCUT2D eigenvalue weighted by molar-refractivity contribution is -0.139. The summed E-state index contributed by atoms with van der Waals surface area (Å²) in [6.07, 6.45) is 0. The van der Waals surface area contributed by atoms with Gasteiger partial charge in [0.05, 0.1) is 18.2 Å². The number of ether oxygens (including phenoxy) is 1. The van der Waals surface area contributed by atoms with Gasteiger partial charge in [-0.05, 0) is 38.5 Å². The van der Waals surface area contributed by atoms with Crippen LogP contribution in [0.2, 0.25) is 0 Å². The van der Waals surface area contributed by atoms with Crippen molar-refractivity contribution in [3.05, 3.63) is 46.9 Å². The number of amides is 4. The molecule has 1 aromatic rings. The van der Waals surface area contributed by atoms with E-state index in [2.05, 4.69) is 15.5 Å². The largest absolute Gasteiger partial charge is 0.463 e. The lowest BCUT2D eigenvalue weighted by Crippen LogP contribution is -2.55. The number of hydrogen-bond donors (Lipinski definition) is 2. The number of benzene rings is 1. The molecule has 4 amide bonds. The van der Waals surface area contributed by atoms with Crippen molar-refractivity contribution in [3.8, 4) is 0 Å². The highest BCUT2D eigenvalue weighted by Gasteiger charge is 2.38. The second-order valence-corrected chi connectivity index (χ2v) is 7.86. The molecule has 3 rings (SSSR count). The van der Waals surface area contributed by atoms with Crippen molar-refractivity contribution in [2.24, 2.45) is 0 Å². The molecule has 2 heterocycles. The van der Waals surface area contributed by atoms with Crippen molar-refractivity contribution in [3.63, 3.8) is 0 Å². The van der Waals surface area contributed by atoms with Crippen LogP contribution in [0.1, 0.15) is 32.4 Å². The summed E-state index contributed by atoms with van der Waals surface area (Å²) in [5.74, 6) is -0.993. The maximum atomic E-state index is 14.0. The number of esters is 1. The molecule has 10 heteroatoms. The molecule has 1 saturated heterocycles. The van der Waals surface area contributed by atoms with E-state index in [1.54, 1.807) is 24.0 Å². The standard InChI is InChI=1S/C23H32FN5O4/c1-4-25-22(31)28-12-10-27(11-13-28)15-18-19(21(30)33-6-3)20(26-23(32)29(18)5-2)16-8-7-9-17(24)14-16/h7-9,14,20H,4-6,10-13,15H2,1-3H3,(H,25,31)(H,26,32). The Labute approximate surface area is 193 Å². The quantitative estimate of drug-likeness (QED) is 0.607. The van der Waals surface area contributed by atoms with Crippen molar-refractivity contribution >= 4 is 18.0 Å². The first-order chi connectivity index (χ1) is 15.9. The number of likely N-dealkylation sites (N-methyl/N-ethyl adjacent to an activating group) is 1. The Morgan fingerprint density at radius 3 is 2.52 bits per heavy atom. The number of rotatable bonds is 7. The summed E-state index contributed by atoms with van der Waals surface area (Å²) in [7, 11) is 0. The average molecular weight is 462 g/mol. The fraction of sp³-hybridized carbons (Fsp3) is 0.522. The van der Waals surface area contributed by atoms with Gasteiger partial charge in [-0.25, -0.2) is 18.8 Å². The molecule has 33 heavy (non-hydrogen) atoms. The maximum Gasteiger partial charge on any atom is 0.338 e. The Morgan fingerprint density at radius 2 is 1.91 bits per heavy atom. The van der Waals surface area contributed by atoms with Gasteiger partial charge in [0.15, 0.2) is 0 Å². The van der Waals surface area contributed by atoms with Crippen LogP contribution >= 0.6 is 0 Å². The monoisotopic (exact) mass is 461 g/mol. The molecule has 2 aliphatic rings. The number of nitrogens with zero attached hydrogens (tertiary/aromatic N) is 3. The molecular formula is C23H32FN5O4. The number of urea groups is 2. The summed E-state index contributed by atoms with van der Waals surface area (Å²) in [5, 5.41) is 5.64. The summed E-state index contributed by atoms with van der Waals surface area (Å²) in [4.78, 5) is 43.5. The fourth-order valence-electron chi connectivity index (χ4n) is 4.18. The highest BCUT2D eigenvalue weighted by Crippen LogP contribution is 2.32. The van der Waals surface area contributed by atoms with E-state index in [-0.39, 0.29) is 18.7 Å². The molecule has 0 aliphatic carbocycles. The zero-order valence-electron chi connectivity index (χ0n) is 19.4. The van der Waals surface area contributed by atoms with E-state index in [4.69, 9.17) is 4.74 Å². The van der Waals surface area contributed by atoms with Crippen molar-refractivity contribution < 1.29 is 23.5 Å². The summed E-state index contributed by atoms with van der Waals surface area (Å²) >= 11 is 0. The number of carbonyl (C=O) groups excluding carboxylic acids is 3. The van der Waals surface area contributed by atoms with Gasteiger partial charge in [0.2, 0.25) is 0 Å². The smallest absolute Gasteiger partial charge is 0.338 e. The molecule has 0 aromatic heterocycles. The van der Waals surface area contributed by atoms with Crippen LogP contribution in [0.15, 0.2) is 35.5 Å². The predicted octanol–water partition coefficient (Wildman–Crippen LogP) is 2.08. The second-order valence-electron chi connectivity index (χ2n) is 7.86. The lowest BCUT2D eigenvalue weighted by Gasteiger charge is -2.40. The average Bonchev–Trinajstić information content (AvgIpc) is 2.79. The zero-order chi connectivity index (χ0) is 24.0. The highest BCUT2D eigenvalue weighted by molar-refractivity contribution is 5.95. The van der Waals surface area contributed by atoms with E-state index in [1.165, 1.54) is 17.0 Å². The molecule has 0 bridgehead atoms. The second kappa shape index (κ2) is 11.1. The molecule has 2 aliphatic heterocycles. The van der Waals surface area contributed by atoms with Gasteiger partial charge in [0, 0.05) is 51.5 Å². The van der Waals surface area contributed by atoms with Crippen LogP contribution in [-0.2, 0) is 9.53 Å². The van der Waals surface area contributed by atoms with Crippen LogP contribution in [0.25, 0.3) is 0 Å². The molecule has 0 spiro atoms. The van der Waals surface area contributed by atoms with Gasteiger partial charge in [-0.1, -0.05) is 12.1 Å². The van der Waals surface area contributed by atoms with E-state index in [9.17, 15) is 18.8 Å². The molecule has 1 aromatic carbocycles. The predicted molar refractivity (Wildman–Crippen MR) is 121 cm³/mol. The van der Waals surface area contributed by atoms with Gasteiger partial charge >= 0.3 is 18.0 Å². The van der Waals surface area contributed by atoms with Crippen LogP contribution < -0.4 is 10.6 Å². The minimum Gasteiger partial charge on any atom is -0.463 e. The third kappa shape index (κ3) is 5.62. The van der Waals surface area contributed by atoms with E-state index < -0.39 is 17.8 Å². The van der Waals surface area contributed by atoms with E-state index in [0.717, 1.165) is 0 Å². The molecule has 1 unspecified atom stereocenters. The summed E-state index contributed by atoms with van der Waals surface area (Å²) < 4.78 is 19.3. The number of hydrogen-bond acceptors (Lipinski definition) is 5. The Hall–Kier alpha value is -3.14. The summed E-state index contributed by atoms with van der Waals surface area (Å²) in [6, 6.07) is 4.59. The third-order valence-corrected chi connectivity index (χ3v) is 5.79. The Bertz CT molecular complexity index is 914. The number of nitrogens with one attached hydrogen (secondary N) is 2. The minimum atomic E-state index is -0.818. The molecule has 0 saturated carbocycles. The molecule has 2 N–H and O–H groups in total. The van der Waals surface area contributed by atoms with E-state index in [0.29, 0.717) is 62.6 Å². The third-order valence-electron chi connectivity index (χ3n) is 5.79. The molecule has 180 valence electrons. The summed E-state index contributed by atoms with van der Waals surface area (Å²) in [6.45, 7) is 9.14. The van der Waals surface area contributed by atoms with E-state index in [1.807, 2.05) is 13.8 Å². The van der Waals surface area contributed by atoms with Gasteiger partial charge in [0.25, 0.3) is 0 Å². The van der Waals surface area contributed by atoms with Gasteiger partial charge in [0.1, 0.15) is 5.82 Å². The minimum absolute atomic E-state index is 0.0954. The normalized spacial score (nSPS) is 19.4. The first-order valence-electron chi connectivity index (χ1n) is 11.4. The van der Waals surface area contributed by atoms with Crippen molar-refractivity contribution in [1.29, 1.82) is 0 Å². The molecule has 9 nitrogen and oxygen atoms in total. The Kier molecular flexibility index (Phi) is 8.26. The van der Waals surface area contributed by atoms with Gasteiger partial charge in [-0.3, -0.25) is 9.80 Å². The van der Waals surface area contributed by atoms with Crippen LogP contribution in [0.5, 0.6) is 0 Å². The molecule has 1 atom stereocenters. The van der Waals surface area contributed by atoms with Gasteiger partial charge in [-0.15, -0.1) is 0 Å². The Morgan fingerprint density at radius 1 is 1.18 bits per heavy atom. The van der Waals surface area contributed by atoms with Crippen LogP contribution in [0.3, 0.4) is 0 Å². The number of halogens is 1. The highest BCUT2D eigenvalue weighted by atomic mass is 19.1. The van der Waals surface area contributed by atoms with Crippen molar-refractivity contribution in [2.45, 2.75) is 26.8 Å². The SMILES string of the molecule is CCNC(=O)N1CCN(CC2=C(C(=O)OCC)C(c3cccc(F)c3)NC(=O)N2CC)CC1. The topological polar surface area (TPSA) is 94.2 Å². The van der Waals surface area contributed by atoms with E-state index >= 15 is 0 Å². The van der Waals surface area contributed by atoms with Crippen LogP contribution in [0.4, 0.5) is 14.0 Å². The first kappa shape index (κ1) is 24.5. The van der Waals surface area contributed by atoms with Crippen molar-refractivity contribution in [1.82, 2.24) is 25.3 Å². The molecule has 1 fully saturated rings. The van der Waals surface area contributed by atoms with Crippen LogP contribution in [0, 0.1) is 5.82 Å². The zero-order valence-corrected chi connectivity index (χ0v) is 19.4. The van der Waals surface area contributed by atoms with Gasteiger partial charge in [-0.2, -0.15) is 0 Å². The molecule has 0 radical (unpaired) electrons. The lowest BCUT2D eigenvalue weighted by atomic mass is 9.94. The number of carbonyl (C=O) groups is 3. The van der Waals surface area contributed by atoms with Gasteiger partial charge < -0.3 is 20.3 Å². The maximum absolute atomic E-state index is 14.0. The van der Waals surface area contributed by atoms with Crippen molar-refractivity contribution in [2.75, 3.05) is 52.4 Å². The first-order valence-corrected chi connectivity index (χ1v) is 11.4. The van der Waals surface area contributed by atoms with Crippen LogP contribution in [-0.4, -0.2) is 85.2 Å². The molecular weight excluding hydrogens is 429 g/mol. The fourth-order valence-corrected chi connectivity index (χ4v) is 4.18.